The van der Waals surface area contributed by atoms with Gasteiger partial charge in [-0.1, -0.05) is 28.1 Å². The summed E-state index contributed by atoms with van der Waals surface area (Å²) in [6, 6.07) is 11.8. The lowest BCUT2D eigenvalue weighted by Gasteiger charge is -2.05. The van der Waals surface area contributed by atoms with Crippen molar-refractivity contribution >= 4 is 33.6 Å². The maximum absolute atomic E-state index is 12.9. The molecule has 8 heteroatoms. The molecule has 0 fully saturated rings. The summed E-state index contributed by atoms with van der Waals surface area (Å²) in [5.74, 6) is -2.32. The highest BCUT2D eigenvalue weighted by Crippen LogP contribution is 2.28. The zero-order chi connectivity index (χ0) is 18.0. The van der Waals surface area contributed by atoms with Crippen LogP contribution in [0.15, 0.2) is 53.0 Å². The molecule has 3 aromatic rings. The second-order valence-corrected chi connectivity index (χ2v) is 6.01. The number of halogens is 2. The minimum atomic E-state index is -1.24. The van der Waals surface area contributed by atoms with Crippen molar-refractivity contribution < 1.29 is 19.1 Å². The van der Waals surface area contributed by atoms with Crippen LogP contribution in [0.4, 0.5) is 10.2 Å². The Hall–Kier alpha value is -3.00. The maximum Gasteiger partial charge on any atom is 0.341 e. The first-order valence-electron chi connectivity index (χ1n) is 7.10. The van der Waals surface area contributed by atoms with Crippen LogP contribution in [0, 0.1) is 5.82 Å². The molecule has 1 aromatic heterocycles. The van der Waals surface area contributed by atoms with Gasteiger partial charge < -0.3 is 10.4 Å². The summed E-state index contributed by atoms with van der Waals surface area (Å²) in [6.07, 6.45) is 0. The molecule has 0 radical (unpaired) electrons. The number of carboxylic acids is 1. The van der Waals surface area contributed by atoms with Crippen molar-refractivity contribution in [2.75, 3.05) is 5.32 Å². The van der Waals surface area contributed by atoms with Gasteiger partial charge in [0.1, 0.15) is 22.9 Å². The highest BCUT2D eigenvalue weighted by Gasteiger charge is 2.22. The molecule has 0 aliphatic carbocycles. The largest absolute Gasteiger partial charge is 0.477 e. The minimum absolute atomic E-state index is 0.0419. The fourth-order valence-electron chi connectivity index (χ4n) is 2.24. The summed E-state index contributed by atoms with van der Waals surface area (Å²) in [7, 11) is 0. The van der Waals surface area contributed by atoms with E-state index in [0.717, 1.165) is 16.6 Å². The number of hydrogen-bond acceptors (Lipinski definition) is 3. The molecular weight excluding hydrogens is 393 g/mol. The van der Waals surface area contributed by atoms with Gasteiger partial charge in [0.05, 0.1) is 0 Å². The molecule has 0 unspecified atom stereocenters. The number of nitrogens with zero attached hydrogens (tertiary/aromatic N) is 1. The number of carbonyl (C=O) groups is 2. The Balaban J connectivity index is 1.94. The van der Waals surface area contributed by atoms with Crippen molar-refractivity contribution in [1.29, 1.82) is 0 Å². The van der Waals surface area contributed by atoms with E-state index in [1.807, 2.05) is 0 Å². The third-order valence-electron chi connectivity index (χ3n) is 3.44. The van der Waals surface area contributed by atoms with Gasteiger partial charge in [-0.3, -0.25) is 9.89 Å². The molecule has 0 saturated carbocycles. The predicted octanol–water partition coefficient (Wildman–Crippen LogP) is 3.93. The van der Waals surface area contributed by atoms with Crippen molar-refractivity contribution in [3.05, 3.63) is 69.9 Å². The van der Waals surface area contributed by atoms with Gasteiger partial charge in [-0.05, 0) is 36.4 Å². The molecule has 0 spiro atoms. The molecule has 1 amide bonds. The first kappa shape index (κ1) is 16.8. The average molecular weight is 404 g/mol. The lowest BCUT2D eigenvalue weighted by molar-refractivity contribution is 0.0699. The van der Waals surface area contributed by atoms with E-state index in [0.29, 0.717) is 5.56 Å². The summed E-state index contributed by atoms with van der Waals surface area (Å²) in [6.45, 7) is 0. The van der Waals surface area contributed by atoms with Crippen LogP contribution in [0.5, 0.6) is 0 Å². The Bertz CT molecular complexity index is 937. The Kier molecular flexibility index (Phi) is 4.62. The number of carboxylic acid groups (broad SMARTS) is 1. The van der Waals surface area contributed by atoms with Gasteiger partial charge in [0.15, 0.2) is 0 Å². The Morgan fingerprint density at radius 3 is 2.32 bits per heavy atom. The highest BCUT2D eigenvalue weighted by molar-refractivity contribution is 9.10. The lowest BCUT2D eigenvalue weighted by atomic mass is 10.1. The van der Waals surface area contributed by atoms with Gasteiger partial charge in [0.25, 0.3) is 5.91 Å². The molecular formula is C17H11BrFN3O3. The van der Waals surface area contributed by atoms with E-state index in [-0.39, 0.29) is 22.6 Å². The van der Waals surface area contributed by atoms with Crippen LogP contribution < -0.4 is 5.32 Å². The summed E-state index contributed by atoms with van der Waals surface area (Å²) in [5.41, 5.74) is 0.823. The van der Waals surface area contributed by atoms with Crippen LogP contribution in [0.1, 0.15) is 20.7 Å². The molecule has 0 aliphatic rings. The summed E-state index contributed by atoms with van der Waals surface area (Å²) < 4.78 is 13.8. The average Bonchev–Trinajstić information content (AvgIpc) is 3.00. The molecule has 0 atom stereocenters. The van der Waals surface area contributed by atoms with E-state index in [1.165, 1.54) is 12.1 Å². The zero-order valence-corrected chi connectivity index (χ0v) is 14.2. The van der Waals surface area contributed by atoms with Crippen molar-refractivity contribution in [2.24, 2.45) is 0 Å². The van der Waals surface area contributed by atoms with Crippen molar-refractivity contribution in [2.45, 2.75) is 0 Å². The number of benzene rings is 2. The SMILES string of the molecule is O=C(Nc1[nH]nc(-c2ccc(Br)cc2)c1C(=O)O)c1ccc(F)cc1. The monoisotopic (exact) mass is 403 g/mol. The second kappa shape index (κ2) is 6.86. The molecule has 0 bridgehead atoms. The first-order valence-corrected chi connectivity index (χ1v) is 7.89. The van der Waals surface area contributed by atoms with Crippen molar-refractivity contribution in [3.63, 3.8) is 0 Å². The first-order chi connectivity index (χ1) is 12.0. The van der Waals surface area contributed by atoms with Gasteiger partial charge >= 0.3 is 5.97 Å². The van der Waals surface area contributed by atoms with Gasteiger partial charge in [-0.2, -0.15) is 5.10 Å². The molecule has 126 valence electrons. The number of H-pyrrole nitrogens is 1. The van der Waals surface area contributed by atoms with E-state index < -0.39 is 17.7 Å². The van der Waals surface area contributed by atoms with Crippen LogP contribution in [-0.2, 0) is 0 Å². The smallest absolute Gasteiger partial charge is 0.341 e. The molecule has 3 rings (SSSR count). The lowest BCUT2D eigenvalue weighted by Crippen LogP contribution is -2.14. The molecule has 3 N–H and O–H groups in total. The van der Waals surface area contributed by atoms with Crippen LogP contribution >= 0.6 is 15.9 Å². The quantitative estimate of drug-likeness (QED) is 0.614. The van der Waals surface area contributed by atoms with E-state index in [1.54, 1.807) is 24.3 Å². The fraction of sp³-hybridized carbons (Fsp3) is 0. The van der Waals surface area contributed by atoms with Crippen molar-refractivity contribution in [3.8, 4) is 11.3 Å². The number of carbonyl (C=O) groups excluding carboxylic acids is 1. The van der Waals surface area contributed by atoms with Gasteiger partial charge in [-0.25, -0.2) is 9.18 Å². The number of anilines is 1. The Morgan fingerprint density at radius 1 is 1.08 bits per heavy atom. The van der Waals surface area contributed by atoms with Gasteiger partial charge in [0.2, 0.25) is 0 Å². The van der Waals surface area contributed by atoms with Crippen LogP contribution in [0.2, 0.25) is 0 Å². The van der Waals surface area contributed by atoms with Gasteiger partial charge in [-0.15, -0.1) is 0 Å². The number of aromatic amines is 1. The summed E-state index contributed by atoms with van der Waals surface area (Å²) in [5, 5.41) is 18.5. The standard InChI is InChI=1S/C17H11BrFN3O3/c18-11-5-1-9(2-6-11)14-13(17(24)25)15(22-21-14)20-16(23)10-3-7-12(19)8-4-10/h1-8H,(H,24,25)(H2,20,21,22,23). The van der Waals surface area contributed by atoms with Crippen LogP contribution in [-0.4, -0.2) is 27.2 Å². The van der Waals surface area contributed by atoms with Crippen LogP contribution in [0.3, 0.4) is 0 Å². The highest BCUT2D eigenvalue weighted by atomic mass is 79.9. The van der Waals surface area contributed by atoms with Gasteiger partial charge in [0, 0.05) is 15.6 Å². The van der Waals surface area contributed by atoms with Crippen LogP contribution in [0.25, 0.3) is 11.3 Å². The Morgan fingerprint density at radius 2 is 1.72 bits per heavy atom. The summed E-state index contributed by atoms with van der Waals surface area (Å²) >= 11 is 3.31. The van der Waals surface area contributed by atoms with Crippen molar-refractivity contribution in [1.82, 2.24) is 10.2 Å². The number of aromatic nitrogens is 2. The second-order valence-electron chi connectivity index (χ2n) is 5.10. The van der Waals surface area contributed by atoms with E-state index in [9.17, 15) is 19.1 Å². The number of aromatic carboxylic acids is 1. The fourth-order valence-corrected chi connectivity index (χ4v) is 2.51. The molecule has 25 heavy (non-hydrogen) atoms. The number of amides is 1. The maximum atomic E-state index is 12.9. The third kappa shape index (κ3) is 3.58. The number of nitrogens with one attached hydrogen (secondary N) is 2. The molecule has 1 heterocycles. The predicted molar refractivity (Wildman–Crippen MR) is 93.0 cm³/mol. The molecule has 2 aromatic carbocycles. The topological polar surface area (TPSA) is 95.1 Å². The normalized spacial score (nSPS) is 10.5. The number of rotatable bonds is 4. The summed E-state index contributed by atoms with van der Waals surface area (Å²) in [4.78, 5) is 23.8. The van der Waals surface area contributed by atoms with E-state index in [2.05, 4.69) is 31.4 Å². The molecule has 6 nitrogen and oxygen atoms in total. The minimum Gasteiger partial charge on any atom is -0.477 e. The number of hydrogen-bond donors (Lipinski definition) is 3. The zero-order valence-electron chi connectivity index (χ0n) is 12.6. The van der Waals surface area contributed by atoms with E-state index in [4.69, 9.17) is 0 Å². The Labute approximate surface area is 149 Å². The molecule has 0 aliphatic heterocycles. The molecule has 0 saturated heterocycles. The third-order valence-corrected chi connectivity index (χ3v) is 3.97. The van der Waals surface area contributed by atoms with E-state index >= 15 is 0 Å².